The lowest BCUT2D eigenvalue weighted by Crippen LogP contribution is -2.24. The second-order valence-corrected chi connectivity index (χ2v) is 3.62. The maximum absolute atomic E-state index is 9.37. The molecule has 4 N–H and O–H groups in total. The first kappa shape index (κ1) is 11.2. The Labute approximate surface area is 84.2 Å². The molecule has 1 aromatic carbocycles. The minimum absolute atomic E-state index is 0.000189. The van der Waals surface area contributed by atoms with Crippen LogP contribution in [-0.4, -0.2) is 16.3 Å². The van der Waals surface area contributed by atoms with Gasteiger partial charge in [-0.2, -0.15) is 0 Å². The van der Waals surface area contributed by atoms with E-state index in [0.717, 1.165) is 16.7 Å². The summed E-state index contributed by atoms with van der Waals surface area (Å²) in [7, 11) is 0. The van der Waals surface area contributed by atoms with Crippen LogP contribution < -0.4 is 5.73 Å². The van der Waals surface area contributed by atoms with Crippen molar-refractivity contribution < 1.29 is 10.2 Å². The Kier molecular flexibility index (Phi) is 3.63. The summed E-state index contributed by atoms with van der Waals surface area (Å²) < 4.78 is 0. The average molecular weight is 195 g/mol. The topological polar surface area (TPSA) is 66.5 Å². The van der Waals surface area contributed by atoms with Crippen molar-refractivity contribution in [2.24, 2.45) is 5.73 Å². The smallest absolute Gasteiger partial charge is 0.0704 e. The van der Waals surface area contributed by atoms with Gasteiger partial charge in [-0.05, 0) is 30.5 Å². The molecule has 0 spiro atoms. The third-order valence-corrected chi connectivity index (χ3v) is 2.41. The number of nitrogens with two attached hydrogens (primary N) is 1. The van der Waals surface area contributed by atoms with E-state index in [2.05, 4.69) is 0 Å². The highest BCUT2D eigenvalue weighted by Gasteiger charge is 2.14. The molecule has 14 heavy (non-hydrogen) atoms. The number of aliphatic hydroxyl groups excluding tert-OH is 2. The van der Waals surface area contributed by atoms with E-state index in [4.69, 9.17) is 10.8 Å². The molecule has 0 fully saturated rings. The summed E-state index contributed by atoms with van der Waals surface area (Å²) in [6.45, 7) is 3.61. The van der Waals surface area contributed by atoms with Crippen molar-refractivity contribution in [1.82, 2.24) is 0 Å². The number of hydrogen-bond acceptors (Lipinski definition) is 3. The third-order valence-electron chi connectivity index (χ3n) is 2.41. The van der Waals surface area contributed by atoms with Gasteiger partial charge in [0.25, 0.3) is 0 Å². The average Bonchev–Trinajstić information content (AvgIpc) is 2.17. The molecule has 2 atom stereocenters. The van der Waals surface area contributed by atoms with Gasteiger partial charge in [-0.1, -0.05) is 18.2 Å². The molecule has 0 saturated heterocycles. The Balaban J connectivity index is 3.05. The van der Waals surface area contributed by atoms with E-state index in [0.29, 0.717) is 0 Å². The van der Waals surface area contributed by atoms with Crippen LogP contribution in [0.15, 0.2) is 18.2 Å². The summed E-state index contributed by atoms with van der Waals surface area (Å²) in [6.07, 6.45) is -0.581. The fourth-order valence-electron chi connectivity index (χ4n) is 1.41. The van der Waals surface area contributed by atoms with Crippen LogP contribution in [0.1, 0.15) is 29.7 Å². The van der Waals surface area contributed by atoms with Gasteiger partial charge in [0.1, 0.15) is 0 Å². The molecule has 0 radical (unpaired) electrons. The van der Waals surface area contributed by atoms with Gasteiger partial charge in [0.15, 0.2) is 0 Å². The molecule has 0 heterocycles. The van der Waals surface area contributed by atoms with Gasteiger partial charge in [0.2, 0.25) is 0 Å². The van der Waals surface area contributed by atoms with Crippen LogP contribution in [0.4, 0.5) is 0 Å². The van der Waals surface area contributed by atoms with Crippen molar-refractivity contribution in [3.8, 4) is 0 Å². The monoisotopic (exact) mass is 195 g/mol. The lowest BCUT2D eigenvalue weighted by Gasteiger charge is -2.18. The summed E-state index contributed by atoms with van der Waals surface area (Å²) >= 11 is 0. The molecular formula is C11H17NO2. The lowest BCUT2D eigenvalue weighted by atomic mass is 9.96. The summed E-state index contributed by atoms with van der Waals surface area (Å²) in [5.74, 6) is 0. The summed E-state index contributed by atoms with van der Waals surface area (Å²) in [5, 5.41) is 18.3. The van der Waals surface area contributed by atoms with Crippen LogP contribution in [-0.2, 0) is 6.61 Å². The van der Waals surface area contributed by atoms with Crippen molar-refractivity contribution in [3.63, 3.8) is 0 Å². The van der Waals surface area contributed by atoms with Gasteiger partial charge in [-0.3, -0.25) is 0 Å². The minimum Gasteiger partial charge on any atom is -0.392 e. The van der Waals surface area contributed by atoms with E-state index < -0.39 is 6.10 Å². The zero-order valence-corrected chi connectivity index (χ0v) is 8.57. The largest absolute Gasteiger partial charge is 0.392 e. The molecule has 3 heteroatoms. The standard InChI is InChI=1S/C11H17NO2/c1-7-3-4-9(6-13)5-10(7)11(12)8(2)14/h3-5,8,11,13-14H,6,12H2,1-2H3/t8-,11-/m0/s1. The summed E-state index contributed by atoms with van der Waals surface area (Å²) in [4.78, 5) is 0. The molecule has 1 rings (SSSR count). The van der Waals surface area contributed by atoms with E-state index in [-0.39, 0.29) is 12.6 Å². The second-order valence-electron chi connectivity index (χ2n) is 3.62. The number of aliphatic hydroxyl groups is 2. The second kappa shape index (κ2) is 4.55. The fraction of sp³-hybridized carbons (Fsp3) is 0.455. The van der Waals surface area contributed by atoms with E-state index in [1.54, 1.807) is 6.92 Å². The maximum Gasteiger partial charge on any atom is 0.0704 e. The highest BCUT2D eigenvalue weighted by molar-refractivity contribution is 5.33. The third kappa shape index (κ3) is 2.32. The minimum atomic E-state index is -0.581. The normalized spacial score (nSPS) is 15.2. The van der Waals surface area contributed by atoms with Crippen LogP contribution in [0.2, 0.25) is 0 Å². The number of benzene rings is 1. The van der Waals surface area contributed by atoms with Gasteiger partial charge >= 0.3 is 0 Å². The Morgan fingerprint density at radius 3 is 2.57 bits per heavy atom. The SMILES string of the molecule is Cc1ccc(CO)cc1[C@@H](N)[C@H](C)O. The van der Waals surface area contributed by atoms with Gasteiger partial charge < -0.3 is 15.9 Å². The van der Waals surface area contributed by atoms with Crippen molar-refractivity contribution in [3.05, 3.63) is 34.9 Å². The van der Waals surface area contributed by atoms with Crippen LogP contribution >= 0.6 is 0 Å². The quantitative estimate of drug-likeness (QED) is 0.670. The first-order valence-electron chi connectivity index (χ1n) is 4.70. The van der Waals surface area contributed by atoms with Gasteiger partial charge in [-0.25, -0.2) is 0 Å². The Hall–Kier alpha value is -0.900. The predicted octanol–water partition coefficient (Wildman–Crippen LogP) is 0.868. The predicted molar refractivity (Wildman–Crippen MR) is 55.7 cm³/mol. The molecule has 0 bridgehead atoms. The Bertz CT molecular complexity index is 310. The molecule has 3 nitrogen and oxygen atoms in total. The number of rotatable bonds is 3. The number of hydrogen-bond donors (Lipinski definition) is 3. The van der Waals surface area contributed by atoms with E-state index in [9.17, 15) is 5.11 Å². The summed E-state index contributed by atoms with van der Waals surface area (Å²) in [6, 6.07) is 5.21. The molecular weight excluding hydrogens is 178 g/mol. The van der Waals surface area contributed by atoms with Crippen molar-refractivity contribution in [2.75, 3.05) is 0 Å². The van der Waals surface area contributed by atoms with Crippen molar-refractivity contribution in [2.45, 2.75) is 32.6 Å². The number of aryl methyl sites for hydroxylation is 1. The first-order valence-corrected chi connectivity index (χ1v) is 4.70. The van der Waals surface area contributed by atoms with Crippen LogP contribution in [0.3, 0.4) is 0 Å². The Morgan fingerprint density at radius 1 is 1.43 bits per heavy atom. The molecule has 1 aromatic rings. The fourth-order valence-corrected chi connectivity index (χ4v) is 1.41. The summed E-state index contributed by atoms with van der Waals surface area (Å²) in [5.41, 5.74) is 8.58. The zero-order valence-electron chi connectivity index (χ0n) is 8.57. The zero-order chi connectivity index (χ0) is 10.7. The van der Waals surface area contributed by atoms with Crippen molar-refractivity contribution >= 4 is 0 Å². The van der Waals surface area contributed by atoms with Crippen molar-refractivity contribution in [1.29, 1.82) is 0 Å². The van der Waals surface area contributed by atoms with E-state index in [1.165, 1.54) is 0 Å². The van der Waals surface area contributed by atoms with Gasteiger partial charge in [-0.15, -0.1) is 0 Å². The molecule has 0 amide bonds. The molecule has 0 unspecified atom stereocenters. The van der Waals surface area contributed by atoms with Gasteiger partial charge in [0.05, 0.1) is 18.8 Å². The molecule has 78 valence electrons. The lowest BCUT2D eigenvalue weighted by molar-refractivity contribution is 0.164. The molecule has 0 aliphatic heterocycles. The molecule has 0 aromatic heterocycles. The van der Waals surface area contributed by atoms with Gasteiger partial charge in [0, 0.05) is 0 Å². The first-order chi connectivity index (χ1) is 6.56. The van der Waals surface area contributed by atoms with Crippen LogP contribution in [0, 0.1) is 6.92 Å². The van der Waals surface area contributed by atoms with E-state index in [1.807, 2.05) is 25.1 Å². The maximum atomic E-state index is 9.37. The Morgan fingerprint density at radius 2 is 2.07 bits per heavy atom. The van der Waals surface area contributed by atoms with Crippen LogP contribution in [0.25, 0.3) is 0 Å². The molecule has 0 aliphatic rings. The van der Waals surface area contributed by atoms with Crippen LogP contribution in [0.5, 0.6) is 0 Å². The molecule has 0 saturated carbocycles. The highest BCUT2D eigenvalue weighted by atomic mass is 16.3. The highest BCUT2D eigenvalue weighted by Crippen LogP contribution is 2.20. The molecule has 0 aliphatic carbocycles. The van der Waals surface area contributed by atoms with E-state index >= 15 is 0 Å².